The minimum atomic E-state index is -0.277. The van der Waals surface area contributed by atoms with Gasteiger partial charge in [0, 0.05) is 35.3 Å². The van der Waals surface area contributed by atoms with Gasteiger partial charge in [-0.1, -0.05) is 12.1 Å². The summed E-state index contributed by atoms with van der Waals surface area (Å²) < 4.78 is 14.8. The van der Waals surface area contributed by atoms with E-state index in [2.05, 4.69) is 15.3 Å². The summed E-state index contributed by atoms with van der Waals surface area (Å²) in [6.45, 7) is 4.12. The number of hydrogen-bond donors (Lipinski definition) is 1. The van der Waals surface area contributed by atoms with Crippen molar-refractivity contribution in [1.82, 2.24) is 14.5 Å². The molecule has 0 fully saturated rings. The Labute approximate surface area is 180 Å². The first kappa shape index (κ1) is 20.4. The zero-order chi connectivity index (χ0) is 21.3. The van der Waals surface area contributed by atoms with Gasteiger partial charge in [-0.3, -0.25) is 14.2 Å². The number of carbonyl (C=O) groups excluding carboxylic acids is 1. The number of aromatic nitrogens is 3. The average molecular weight is 443 g/mol. The second kappa shape index (κ2) is 8.45. The Hall–Kier alpha value is -2.91. The fourth-order valence-electron chi connectivity index (χ4n) is 3.13. The van der Waals surface area contributed by atoms with Crippen molar-refractivity contribution in [3.63, 3.8) is 0 Å². The zero-order valence-corrected chi connectivity index (χ0v) is 18.1. The van der Waals surface area contributed by atoms with Gasteiger partial charge in [0.15, 0.2) is 5.13 Å². The standard InChI is InChI=1S/C21H19FN4O2S2/c1-12-13(2)29-19-18(12)20(28)26(11-24-19)7-6-17(27)25-21-23-10-16(30-21)9-14-4-3-5-15(22)8-14/h3-5,8,10-11H,6-7,9H2,1-2H3,(H,23,25,27). The maximum atomic E-state index is 13.3. The fourth-order valence-corrected chi connectivity index (χ4v) is 4.98. The minimum absolute atomic E-state index is 0.124. The van der Waals surface area contributed by atoms with Crippen LogP contribution < -0.4 is 10.9 Å². The molecule has 0 spiro atoms. The molecule has 154 valence electrons. The smallest absolute Gasteiger partial charge is 0.262 e. The third-order valence-corrected chi connectivity index (χ3v) is 6.83. The molecule has 0 bridgehead atoms. The van der Waals surface area contributed by atoms with Crippen LogP contribution in [0.5, 0.6) is 0 Å². The fraction of sp³-hybridized carbons (Fsp3) is 0.238. The van der Waals surface area contributed by atoms with Gasteiger partial charge in [0.05, 0.1) is 11.7 Å². The van der Waals surface area contributed by atoms with Gasteiger partial charge in [0.25, 0.3) is 5.56 Å². The first-order valence-electron chi connectivity index (χ1n) is 9.35. The highest BCUT2D eigenvalue weighted by molar-refractivity contribution is 7.18. The van der Waals surface area contributed by atoms with Crippen molar-refractivity contribution in [3.05, 3.63) is 73.8 Å². The van der Waals surface area contributed by atoms with E-state index in [1.165, 1.54) is 45.7 Å². The average Bonchev–Trinajstić information content (AvgIpc) is 3.25. The number of nitrogens with zero attached hydrogens (tertiary/aromatic N) is 3. The molecule has 0 unspecified atom stereocenters. The van der Waals surface area contributed by atoms with Crippen molar-refractivity contribution in [2.75, 3.05) is 5.32 Å². The van der Waals surface area contributed by atoms with E-state index in [1.54, 1.807) is 12.3 Å². The topological polar surface area (TPSA) is 76.9 Å². The number of hydrogen-bond acceptors (Lipinski definition) is 6. The number of nitrogens with one attached hydrogen (secondary N) is 1. The van der Waals surface area contributed by atoms with Gasteiger partial charge in [0.1, 0.15) is 10.6 Å². The van der Waals surface area contributed by atoms with Crippen LogP contribution in [0, 0.1) is 19.7 Å². The molecular formula is C21H19FN4O2S2. The Morgan fingerprint density at radius 3 is 2.87 bits per heavy atom. The summed E-state index contributed by atoms with van der Waals surface area (Å²) in [5, 5.41) is 3.87. The summed E-state index contributed by atoms with van der Waals surface area (Å²) in [5.74, 6) is -0.506. The summed E-state index contributed by atoms with van der Waals surface area (Å²) in [5.41, 5.74) is 1.67. The minimum Gasteiger partial charge on any atom is -0.302 e. The van der Waals surface area contributed by atoms with E-state index in [-0.39, 0.29) is 30.2 Å². The molecule has 0 atom stereocenters. The van der Waals surface area contributed by atoms with Crippen molar-refractivity contribution in [2.45, 2.75) is 33.2 Å². The third kappa shape index (κ3) is 4.31. The lowest BCUT2D eigenvalue weighted by Crippen LogP contribution is -2.23. The molecule has 0 radical (unpaired) electrons. The molecule has 0 aliphatic rings. The Morgan fingerprint density at radius 1 is 1.23 bits per heavy atom. The molecule has 3 heterocycles. The lowest BCUT2D eigenvalue weighted by Gasteiger charge is -2.05. The second-order valence-electron chi connectivity index (χ2n) is 6.94. The Bertz CT molecular complexity index is 1290. The van der Waals surface area contributed by atoms with E-state index >= 15 is 0 Å². The molecular weight excluding hydrogens is 423 g/mol. The van der Waals surface area contributed by atoms with Gasteiger partial charge >= 0.3 is 0 Å². The predicted octanol–water partition coefficient (Wildman–Crippen LogP) is 4.29. The number of amides is 1. The number of carbonyl (C=O) groups is 1. The van der Waals surface area contributed by atoms with Gasteiger partial charge in [0.2, 0.25) is 5.91 Å². The number of halogens is 1. The molecule has 0 aliphatic heterocycles. The van der Waals surface area contributed by atoms with Crippen molar-refractivity contribution in [3.8, 4) is 0 Å². The predicted molar refractivity (Wildman–Crippen MR) is 118 cm³/mol. The van der Waals surface area contributed by atoms with Gasteiger partial charge in [-0.15, -0.1) is 22.7 Å². The van der Waals surface area contributed by atoms with Gasteiger partial charge < -0.3 is 5.32 Å². The Kier molecular flexibility index (Phi) is 5.74. The molecule has 0 aliphatic carbocycles. The monoisotopic (exact) mass is 442 g/mol. The van der Waals surface area contributed by atoms with Crippen LogP contribution in [0.4, 0.5) is 9.52 Å². The normalized spacial score (nSPS) is 11.2. The molecule has 4 aromatic rings. The van der Waals surface area contributed by atoms with Crippen LogP contribution in [-0.2, 0) is 17.8 Å². The van der Waals surface area contributed by atoms with Gasteiger partial charge in [-0.2, -0.15) is 0 Å². The highest BCUT2D eigenvalue weighted by Gasteiger charge is 2.13. The summed E-state index contributed by atoms with van der Waals surface area (Å²) >= 11 is 2.85. The summed E-state index contributed by atoms with van der Waals surface area (Å²) in [6, 6.07) is 6.40. The highest BCUT2D eigenvalue weighted by Crippen LogP contribution is 2.25. The van der Waals surface area contributed by atoms with Crippen LogP contribution in [0.1, 0.15) is 27.3 Å². The molecule has 1 N–H and O–H groups in total. The van der Waals surface area contributed by atoms with Crippen LogP contribution in [0.3, 0.4) is 0 Å². The molecule has 9 heteroatoms. The molecule has 4 rings (SSSR count). The van der Waals surface area contributed by atoms with Crippen LogP contribution in [0.25, 0.3) is 10.2 Å². The summed E-state index contributed by atoms with van der Waals surface area (Å²) in [6.07, 6.45) is 3.85. The number of rotatable bonds is 6. The Morgan fingerprint density at radius 2 is 2.07 bits per heavy atom. The maximum Gasteiger partial charge on any atom is 0.262 e. The summed E-state index contributed by atoms with van der Waals surface area (Å²) in [4.78, 5) is 36.3. The third-order valence-electron chi connectivity index (χ3n) is 4.80. The van der Waals surface area contributed by atoms with Gasteiger partial charge in [-0.05, 0) is 37.1 Å². The highest BCUT2D eigenvalue weighted by atomic mass is 32.1. The molecule has 3 aromatic heterocycles. The molecule has 1 amide bonds. The lowest BCUT2D eigenvalue weighted by atomic mass is 10.1. The van der Waals surface area contributed by atoms with Crippen LogP contribution in [0.15, 0.2) is 41.6 Å². The molecule has 30 heavy (non-hydrogen) atoms. The van der Waals surface area contributed by atoms with Crippen LogP contribution in [-0.4, -0.2) is 20.4 Å². The van der Waals surface area contributed by atoms with Crippen LogP contribution >= 0.6 is 22.7 Å². The second-order valence-corrected chi connectivity index (χ2v) is 9.26. The van der Waals surface area contributed by atoms with E-state index in [4.69, 9.17) is 0 Å². The number of anilines is 1. The number of thiazole rings is 1. The molecule has 6 nitrogen and oxygen atoms in total. The zero-order valence-electron chi connectivity index (χ0n) is 16.4. The van der Waals surface area contributed by atoms with E-state index in [9.17, 15) is 14.0 Å². The van der Waals surface area contributed by atoms with Crippen molar-refractivity contribution in [1.29, 1.82) is 0 Å². The van der Waals surface area contributed by atoms with E-state index in [1.807, 2.05) is 19.9 Å². The van der Waals surface area contributed by atoms with E-state index in [0.29, 0.717) is 16.9 Å². The lowest BCUT2D eigenvalue weighted by molar-refractivity contribution is -0.116. The largest absolute Gasteiger partial charge is 0.302 e. The SMILES string of the molecule is Cc1sc2ncn(CCC(=O)Nc3ncc(Cc4cccc(F)c4)s3)c(=O)c2c1C. The number of aryl methyl sites for hydroxylation is 3. The molecule has 0 saturated carbocycles. The van der Waals surface area contributed by atoms with Crippen molar-refractivity contribution in [2.24, 2.45) is 0 Å². The Balaban J connectivity index is 1.38. The quantitative estimate of drug-likeness (QED) is 0.483. The van der Waals surface area contributed by atoms with Crippen molar-refractivity contribution < 1.29 is 9.18 Å². The molecule has 1 aromatic carbocycles. The van der Waals surface area contributed by atoms with Crippen LogP contribution in [0.2, 0.25) is 0 Å². The number of thiophene rings is 1. The maximum absolute atomic E-state index is 13.3. The van der Waals surface area contributed by atoms with Gasteiger partial charge in [-0.25, -0.2) is 14.4 Å². The van der Waals surface area contributed by atoms with E-state index in [0.717, 1.165) is 25.7 Å². The first-order valence-corrected chi connectivity index (χ1v) is 11.0. The number of benzene rings is 1. The van der Waals surface area contributed by atoms with Crippen molar-refractivity contribution >= 4 is 43.9 Å². The number of fused-ring (bicyclic) bond motifs is 1. The summed E-state index contributed by atoms with van der Waals surface area (Å²) in [7, 11) is 0. The molecule has 0 saturated heterocycles. The first-order chi connectivity index (χ1) is 14.4. The van der Waals surface area contributed by atoms with E-state index < -0.39 is 0 Å².